The molecule has 2 rings (SSSR count). The minimum absolute atomic E-state index is 0.653. The first kappa shape index (κ1) is 11.9. The zero-order valence-electron chi connectivity index (χ0n) is 10.1. The number of rotatable bonds is 4. The molecule has 0 saturated carbocycles. The lowest BCUT2D eigenvalue weighted by molar-refractivity contribution is 0.145. The van der Waals surface area contributed by atoms with E-state index in [-0.39, 0.29) is 0 Å². The van der Waals surface area contributed by atoms with Crippen molar-refractivity contribution < 1.29 is 0 Å². The van der Waals surface area contributed by atoms with Crippen molar-refractivity contribution in [3.8, 4) is 0 Å². The molecular formula is C11H19ClN4. The molecule has 2 heterocycles. The molecule has 16 heavy (non-hydrogen) atoms. The number of aryl methyl sites for hydroxylation is 2. The summed E-state index contributed by atoms with van der Waals surface area (Å²) in [5, 5.41) is 8.41. The number of nitrogens with zero attached hydrogens (tertiary/aromatic N) is 3. The van der Waals surface area contributed by atoms with Crippen LogP contribution in [0.4, 0.5) is 0 Å². The molecule has 0 bridgehead atoms. The van der Waals surface area contributed by atoms with Crippen molar-refractivity contribution in [3.63, 3.8) is 0 Å². The van der Waals surface area contributed by atoms with E-state index >= 15 is 0 Å². The molecule has 4 nitrogen and oxygen atoms in total. The zero-order valence-corrected chi connectivity index (χ0v) is 10.9. The summed E-state index contributed by atoms with van der Waals surface area (Å²) < 4.78 is 1.75. The van der Waals surface area contributed by atoms with Crippen LogP contribution in [0.3, 0.4) is 0 Å². The molecule has 90 valence electrons. The van der Waals surface area contributed by atoms with Crippen LogP contribution in [0.15, 0.2) is 0 Å². The second kappa shape index (κ2) is 4.73. The summed E-state index contributed by atoms with van der Waals surface area (Å²) in [6.07, 6.45) is 0. The number of nitrogens with one attached hydrogen (secondary N) is 1. The van der Waals surface area contributed by atoms with Crippen LogP contribution in [-0.4, -0.2) is 40.4 Å². The number of likely N-dealkylation sites (N-methyl/N-ethyl adjacent to an activating group) is 1. The first-order chi connectivity index (χ1) is 7.63. The SMILES string of the molecule is CCN(Cc1c(C)nn(C)c1Cl)C1CNC1. The topological polar surface area (TPSA) is 33.1 Å². The van der Waals surface area contributed by atoms with E-state index in [4.69, 9.17) is 11.6 Å². The molecule has 0 radical (unpaired) electrons. The second-order valence-corrected chi connectivity index (χ2v) is 4.71. The fourth-order valence-electron chi connectivity index (χ4n) is 2.09. The highest BCUT2D eigenvalue weighted by Gasteiger charge is 2.25. The van der Waals surface area contributed by atoms with Gasteiger partial charge < -0.3 is 5.32 Å². The molecule has 0 atom stereocenters. The maximum Gasteiger partial charge on any atom is 0.131 e. The highest BCUT2D eigenvalue weighted by atomic mass is 35.5. The molecule has 0 aliphatic carbocycles. The third kappa shape index (κ3) is 2.10. The van der Waals surface area contributed by atoms with Crippen LogP contribution in [0.2, 0.25) is 5.15 Å². The minimum Gasteiger partial charge on any atom is -0.314 e. The van der Waals surface area contributed by atoms with E-state index in [2.05, 4.69) is 22.2 Å². The van der Waals surface area contributed by atoms with Gasteiger partial charge in [-0.25, -0.2) is 0 Å². The maximum absolute atomic E-state index is 6.24. The van der Waals surface area contributed by atoms with Crippen molar-refractivity contribution in [1.82, 2.24) is 20.0 Å². The first-order valence-electron chi connectivity index (χ1n) is 5.76. The average Bonchev–Trinajstić information content (AvgIpc) is 2.40. The van der Waals surface area contributed by atoms with Crippen molar-refractivity contribution in [2.75, 3.05) is 19.6 Å². The first-order valence-corrected chi connectivity index (χ1v) is 6.14. The van der Waals surface area contributed by atoms with Gasteiger partial charge in [-0.15, -0.1) is 0 Å². The Labute approximate surface area is 102 Å². The third-order valence-electron chi connectivity index (χ3n) is 3.31. The Morgan fingerprint density at radius 3 is 2.62 bits per heavy atom. The summed E-state index contributed by atoms with van der Waals surface area (Å²) in [6.45, 7) is 8.35. The van der Waals surface area contributed by atoms with Gasteiger partial charge in [-0.05, 0) is 13.5 Å². The highest BCUT2D eigenvalue weighted by molar-refractivity contribution is 6.30. The fraction of sp³-hybridized carbons (Fsp3) is 0.727. The molecule has 0 aromatic carbocycles. The second-order valence-electron chi connectivity index (χ2n) is 4.35. The summed E-state index contributed by atoms with van der Waals surface area (Å²) in [7, 11) is 1.89. The maximum atomic E-state index is 6.24. The lowest BCUT2D eigenvalue weighted by atomic mass is 10.1. The van der Waals surface area contributed by atoms with Gasteiger partial charge in [0.15, 0.2) is 0 Å². The quantitative estimate of drug-likeness (QED) is 0.861. The Balaban J connectivity index is 2.11. The fourth-order valence-corrected chi connectivity index (χ4v) is 2.32. The van der Waals surface area contributed by atoms with Gasteiger partial charge in [0.05, 0.1) is 5.69 Å². The van der Waals surface area contributed by atoms with Gasteiger partial charge in [0.2, 0.25) is 0 Å². The lowest BCUT2D eigenvalue weighted by Gasteiger charge is -2.37. The molecule has 1 saturated heterocycles. The van der Waals surface area contributed by atoms with Crippen LogP contribution in [0.25, 0.3) is 0 Å². The summed E-state index contributed by atoms with van der Waals surface area (Å²) in [5.74, 6) is 0. The molecule has 0 unspecified atom stereocenters. The predicted octanol–water partition coefficient (Wildman–Crippen LogP) is 1.18. The van der Waals surface area contributed by atoms with Crippen molar-refractivity contribution in [1.29, 1.82) is 0 Å². The van der Waals surface area contributed by atoms with E-state index in [0.717, 1.165) is 42.6 Å². The van der Waals surface area contributed by atoms with Gasteiger partial charge in [-0.1, -0.05) is 18.5 Å². The van der Waals surface area contributed by atoms with Crippen LogP contribution in [-0.2, 0) is 13.6 Å². The van der Waals surface area contributed by atoms with Crippen LogP contribution < -0.4 is 5.32 Å². The largest absolute Gasteiger partial charge is 0.314 e. The van der Waals surface area contributed by atoms with Crippen molar-refractivity contribution in [2.24, 2.45) is 7.05 Å². The molecule has 1 aliphatic rings. The van der Waals surface area contributed by atoms with Gasteiger partial charge in [-0.2, -0.15) is 5.10 Å². The van der Waals surface area contributed by atoms with E-state index < -0.39 is 0 Å². The van der Waals surface area contributed by atoms with Gasteiger partial charge in [0, 0.05) is 38.3 Å². The van der Waals surface area contributed by atoms with Crippen LogP contribution >= 0.6 is 11.6 Å². The smallest absolute Gasteiger partial charge is 0.131 e. The number of hydrogen-bond donors (Lipinski definition) is 1. The van der Waals surface area contributed by atoms with E-state index in [1.54, 1.807) is 4.68 Å². The normalized spacial score (nSPS) is 16.8. The molecular weight excluding hydrogens is 224 g/mol. The summed E-state index contributed by atoms with van der Waals surface area (Å²) >= 11 is 6.24. The molecule has 0 spiro atoms. The van der Waals surface area contributed by atoms with Crippen LogP contribution in [0.5, 0.6) is 0 Å². The number of hydrogen-bond acceptors (Lipinski definition) is 3. The molecule has 1 aromatic rings. The van der Waals surface area contributed by atoms with E-state index in [0.29, 0.717) is 6.04 Å². The Kier molecular flexibility index (Phi) is 3.52. The predicted molar refractivity (Wildman–Crippen MR) is 65.7 cm³/mol. The van der Waals surface area contributed by atoms with E-state index in [1.165, 1.54) is 0 Å². The Morgan fingerprint density at radius 1 is 1.56 bits per heavy atom. The van der Waals surface area contributed by atoms with E-state index in [1.807, 2.05) is 14.0 Å². The van der Waals surface area contributed by atoms with Gasteiger partial charge in [0.1, 0.15) is 5.15 Å². The molecule has 5 heteroatoms. The number of aromatic nitrogens is 2. The summed E-state index contributed by atoms with van der Waals surface area (Å²) in [4.78, 5) is 2.45. The van der Waals surface area contributed by atoms with Crippen LogP contribution in [0, 0.1) is 6.92 Å². The highest BCUT2D eigenvalue weighted by Crippen LogP contribution is 2.21. The Morgan fingerprint density at radius 2 is 2.25 bits per heavy atom. The lowest BCUT2D eigenvalue weighted by Crippen LogP contribution is -2.56. The Bertz CT molecular complexity index is 370. The van der Waals surface area contributed by atoms with Crippen molar-refractivity contribution in [3.05, 3.63) is 16.4 Å². The molecule has 1 aromatic heterocycles. The third-order valence-corrected chi connectivity index (χ3v) is 3.79. The zero-order chi connectivity index (χ0) is 11.7. The summed E-state index contributed by atoms with van der Waals surface area (Å²) in [5.41, 5.74) is 2.20. The van der Waals surface area contributed by atoms with Crippen LogP contribution in [0.1, 0.15) is 18.2 Å². The van der Waals surface area contributed by atoms with Gasteiger partial charge in [-0.3, -0.25) is 9.58 Å². The van der Waals surface area contributed by atoms with E-state index in [9.17, 15) is 0 Å². The van der Waals surface area contributed by atoms with Gasteiger partial charge in [0.25, 0.3) is 0 Å². The standard InChI is InChI=1S/C11H19ClN4/c1-4-16(9-5-13-6-9)7-10-8(2)14-15(3)11(10)12/h9,13H,4-7H2,1-3H3. The molecule has 1 aliphatic heterocycles. The minimum atomic E-state index is 0.653. The number of halogens is 1. The molecule has 1 N–H and O–H groups in total. The Hall–Kier alpha value is -0.580. The average molecular weight is 243 g/mol. The molecule has 0 amide bonds. The van der Waals surface area contributed by atoms with Crippen molar-refractivity contribution in [2.45, 2.75) is 26.4 Å². The molecule has 1 fully saturated rings. The van der Waals surface area contributed by atoms with Gasteiger partial charge >= 0.3 is 0 Å². The van der Waals surface area contributed by atoms with Crippen molar-refractivity contribution >= 4 is 11.6 Å². The monoisotopic (exact) mass is 242 g/mol. The summed E-state index contributed by atoms with van der Waals surface area (Å²) in [6, 6.07) is 0.653.